The summed E-state index contributed by atoms with van der Waals surface area (Å²) in [5.41, 5.74) is 4.43. The van der Waals surface area contributed by atoms with Gasteiger partial charge in [0.05, 0.1) is 11.4 Å². The van der Waals surface area contributed by atoms with E-state index >= 15 is 0 Å². The van der Waals surface area contributed by atoms with E-state index in [1.165, 1.54) is 0 Å². The van der Waals surface area contributed by atoms with Gasteiger partial charge in [-0.15, -0.1) is 0 Å². The number of hydrogen-bond acceptors (Lipinski definition) is 3. The van der Waals surface area contributed by atoms with Crippen LogP contribution in [0.3, 0.4) is 0 Å². The van der Waals surface area contributed by atoms with Crippen molar-refractivity contribution in [1.29, 1.82) is 0 Å². The standard InChI is InChI=1S/C17H25N3O2S/c1-7-20-15(6)17(14(5)18-20)23(21,22)19-13(4)16-9-8-11(2)10-12(16)3/h8-10,13,19H,7H2,1-6H3/t13-/m0/s1. The highest BCUT2D eigenvalue weighted by Crippen LogP contribution is 2.24. The first-order valence-electron chi connectivity index (χ1n) is 7.80. The van der Waals surface area contributed by atoms with Gasteiger partial charge >= 0.3 is 0 Å². The van der Waals surface area contributed by atoms with Crippen LogP contribution in [-0.4, -0.2) is 18.2 Å². The fourth-order valence-electron chi connectivity index (χ4n) is 3.04. The molecular weight excluding hydrogens is 310 g/mol. The van der Waals surface area contributed by atoms with E-state index in [-0.39, 0.29) is 10.9 Å². The third kappa shape index (κ3) is 3.48. The monoisotopic (exact) mass is 335 g/mol. The Labute approximate surface area is 138 Å². The molecule has 0 aliphatic heterocycles. The van der Waals surface area contributed by atoms with Crippen molar-refractivity contribution >= 4 is 10.0 Å². The number of rotatable bonds is 5. The lowest BCUT2D eigenvalue weighted by Gasteiger charge is -2.17. The molecule has 0 bridgehead atoms. The second-order valence-electron chi connectivity index (χ2n) is 6.02. The van der Waals surface area contributed by atoms with E-state index in [9.17, 15) is 8.42 Å². The van der Waals surface area contributed by atoms with Crippen molar-refractivity contribution in [3.63, 3.8) is 0 Å². The van der Waals surface area contributed by atoms with E-state index < -0.39 is 10.0 Å². The predicted octanol–water partition coefficient (Wildman–Crippen LogP) is 3.18. The van der Waals surface area contributed by atoms with Crippen LogP contribution in [0.5, 0.6) is 0 Å². The van der Waals surface area contributed by atoms with Gasteiger partial charge in [0.1, 0.15) is 4.90 Å². The first kappa shape index (κ1) is 17.7. The van der Waals surface area contributed by atoms with Gasteiger partial charge in [0.15, 0.2) is 0 Å². The Morgan fingerprint density at radius 3 is 2.39 bits per heavy atom. The minimum Gasteiger partial charge on any atom is -0.268 e. The molecule has 1 aromatic heterocycles. The predicted molar refractivity (Wildman–Crippen MR) is 92.0 cm³/mol. The summed E-state index contributed by atoms with van der Waals surface area (Å²) in [6.45, 7) is 12.0. The summed E-state index contributed by atoms with van der Waals surface area (Å²) in [6, 6.07) is 5.74. The van der Waals surface area contributed by atoms with Gasteiger partial charge in [-0.3, -0.25) is 4.68 Å². The minimum atomic E-state index is -3.62. The molecule has 2 aromatic rings. The number of nitrogens with one attached hydrogen (secondary N) is 1. The Kier molecular flexibility index (Phi) is 4.96. The zero-order chi connectivity index (χ0) is 17.4. The summed E-state index contributed by atoms with van der Waals surface area (Å²) in [5, 5.41) is 4.30. The Bertz CT molecular complexity index is 823. The first-order valence-corrected chi connectivity index (χ1v) is 9.29. The maximum atomic E-state index is 12.8. The van der Waals surface area contributed by atoms with E-state index in [0.29, 0.717) is 17.9 Å². The van der Waals surface area contributed by atoms with Crippen molar-refractivity contribution < 1.29 is 8.42 Å². The molecule has 0 radical (unpaired) electrons. The third-order valence-electron chi connectivity index (χ3n) is 4.11. The van der Waals surface area contributed by atoms with Crippen molar-refractivity contribution in [3.8, 4) is 0 Å². The molecule has 0 saturated carbocycles. The quantitative estimate of drug-likeness (QED) is 0.913. The summed E-state index contributed by atoms with van der Waals surface area (Å²) in [4.78, 5) is 0.288. The second kappa shape index (κ2) is 6.45. The van der Waals surface area contributed by atoms with Crippen molar-refractivity contribution in [2.45, 2.75) is 59.0 Å². The molecule has 0 unspecified atom stereocenters. The van der Waals surface area contributed by atoms with Gasteiger partial charge in [-0.1, -0.05) is 23.8 Å². The zero-order valence-electron chi connectivity index (χ0n) is 14.6. The molecule has 0 amide bonds. The van der Waals surface area contributed by atoms with Gasteiger partial charge in [0.25, 0.3) is 0 Å². The van der Waals surface area contributed by atoms with E-state index in [1.807, 2.05) is 39.8 Å². The smallest absolute Gasteiger partial charge is 0.244 e. The molecule has 1 heterocycles. The largest absolute Gasteiger partial charge is 0.268 e. The molecule has 0 spiro atoms. The molecule has 0 fully saturated rings. The van der Waals surface area contributed by atoms with Gasteiger partial charge < -0.3 is 0 Å². The van der Waals surface area contributed by atoms with E-state index in [2.05, 4.69) is 15.9 Å². The maximum absolute atomic E-state index is 12.8. The Hall–Kier alpha value is -1.66. The van der Waals surface area contributed by atoms with Gasteiger partial charge in [-0.05, 0) is 52.7 Å². The summed E-state index contributed by atoms with van der Waals surface area (Å²) in [6.07, 6.45) is 0. The number of sulfonamides is 1. The average molecular weight is 335 g/mol. The van der Waals surface area contributed by atoms with Gasteiger partial charge in [0, 0.05) is 12.6 Å². The van der Waals surface area contributed by atoms with E-state index in [4.69, 9.17) is 0 Å². The molecule has 1 N–H and O–H groups in total. The Balaban J connectivity index is 2.36. The summed E-state index contributed by atoms with van der Waals surface area (Å²) in [5.74, 6) is 0. The van der Waals surface area contributed by atoms with Crippen LogP contribution in [0.25, 0.3) is 0 Å². The molecule has 6 heteroatoms. The van der Waals surface area contributed by atoms with Gasteiger partial charge in [0.2, 0.25) is 10.0 Å². The first-order chi connectivity index (χ1) is 10.7. The highest BCUT2D eigenvalue weighted by Gasteiger charge is 2.26. The lowest BCUT2D eigenvalue weighted by Crippen LogP contribution is -2.28. The van der Waals surface area contributed by atoms with Crippen LogP contribution in [0.4, 0.5) is 0 Å². The van der Waals surface area contributed by atoms with Crippen LogP contribution in [0.2, 0.25) is 0 Å². The van der Waals surface area contributed by atoms with E-state index in [0.717, 1.165) is 16.7 Å². The summed E-state index contributed by atoms with van der Waals surface area (Å²) in [7, 11) is -3.62. The molecule has 0 aliphatic carbocycles. The zero-order valence-corrected chi connectivity index (χ0v) is 15.5. The lowest BCUT2D eigenvalue weighted by atomic mass is 10.0. The second-order valence-corrected chi connectivity index (χ2v) is 7.67. The van der Waals surface area contributed by atoms with Crippen molar-refractivity contribution in [3.05, 3.63) is 46.3 Å². The average Bonchev–Trinajstić information content (AvgIpc) is 2.72. The normalized spacial score (nSPS) is 13.3. The number of aryl methyl sites for hydroxylation is 4. The topological polar surface area (TPSA) is 64.0 Å². The molecular formula is C17H25N3O2S. The number of hydrogen-bond donors (Lipinski definition) is 1. The highest BCUT2D eigenvalue weighted by molar-refractivity contribution is 7.89. The highest BCUT2D eigenvalue weighted by atomic mass is 32.2. The lowest BCUT2D eigenvalue weighted by molar-refractivity contribution is 0.564. The molecule has 1 aromatic carbocycles. The summed E-state index contributed by atoms with van der Waals surface area (Å²) >= 11 is 0. The molecule has 0 aliphatic rings. The van der Waals surface area contributed by atoms with Crippen LogP contribution < -0.4 is 4.72 Å². The Morgan fingerprint density at radius 1 is 1.22 bits per heavy atom. The fraction of sp³-hybridized carbons (Fsp3) is 0.471. The third-order valence-corrected chi connectivity index (χ3v) is 5.90. The van der Waals surface area contributed by atoms with Crippen molar-refractivity contribution in [1.82, 2.24) is 14.5 Å². The van der Waals surface area contributed by atoms with Crippen LogP contribution >= 0.6 is 0 Å². The van der Waals surface area contributed by atoms with Gasteiger partial charge in [-0.25, -0.2) is 13.1 Å². The van der Waals surface area contributed by atoms with Crippen molar-refractivity contribution in [2.75, 3.05) is 0 Å². The molecule has 1 atom stereocenters. The summed E-state index contributed by atoms with van der Waals surface area (Å²) < 4.78 is 30.1. The maximum Gasteiger partial charge on any atom is 0.244 e. The SMILES string of the molecule is CCn1nc(C)c(S(=O)(=O)N[C@@H](C)c2ccc(C)cc2C)c1C. The number of aromatic nitrogens is 2. The molecule has 23 heavy (non-hydrogen) atoms. The number of nitrogens with zero attached hydrogens (tertiary/aromatic N) is 2. The molecule has 126 valence electrons. The van der Waals surface area contributed by atoms with Crippen LogP contribution in [0, 0.1) is 27.7 Å². The van der Waals surface area contributed by atoms with Crippen LogP contribution in [-0.2, 0) is 16.6 Å². The minimum absolute atomic E-state index is 0.288. The van der Waals surface area contributed by atoms with E-state index in [1.54, 1.807) is 18.5 Å². The van der Waals surface area contributed by atoms with Gasteiger partial charge in [-0.2, -0.15) is 5.10 Å². The Morgan fingerprint density at radius 2 is 1.87 bits per heavy atom. The number of benzene rings is 1. The van der Waals surface area contributed by atoms with Crippen molar-refractivity contribution in [2.24, 2.45) is 0 Å². The fourth-order valence-corrected chi connectivity index (χ4v) is 4.68. The molecule has 0 saturated heterocycles. The van der Waals surface area contributed by atoms with Crippen LogP contribution in [0.1, 0.15) is 48.0 Å². The molecule has 5 nitrogen and oxygen atoms in total. The molecule has 2 rings (SSSR count). The van der Waals surface area contributed by atoms with Crippen LogP contribution in [0.15, 0.2) is 23.1 Å².